The van der Waals surface area contributed by atoms with Gasteiger partial charge in [-0.15, -0.1) is 0 Å². The van der Waals surface area contributed by atoms with Crippen LogP contribution in [0.5, 0.6) is 5.75 Å². The van der Waals surface area contributed by atoms with Gasteiger partial charge in [-0.2, -0.15) is 0 Å². The maximum Gasteiger partial charge on any atom is 0.262 e. The van der Waals surface area contributed by atoms with E-state index in [0.717, 1.165) is 33.4 Å². The molecule has 1 amide bonds. The summed E-state index contributed by atoms with van der Waals surface area (Å²) < 4.78 is 11.5. The van der Waals surface area contributed by atoms with Gasteiger partial charge in [-0.05, 0) is 73.9 Å². The van der Waals surface area contributed by atoms with Crippen molar-refractivity contribution in [3.63, 3.8) is 0 Å². The number of nitrogens with zero attached hydrogens (tertiary/aromatic N) is 1. The summed E-state index contributed by atoms with van der Waals surface area (Å²) in [5, 5.41) is 3.22. The Hall–Kier alpha value is -3.31. The number of fused-ring (bicyclic) bond motifs is 1. The number of benzene rings is 3. The first kappa shape index (κ1) is 20.0. The van der Waals surface area contributed by atoms with E-state index in [0.29, 0.717) is 22.4 Å². The molecule has 0 bridgehead atoms. The molecule has 0 fully saturated rings. The highest BCUT2D eigenvalue weighted by Crippen LogP contribution is 2.31. The van der Waals surface area contributed by atoms with Crippen molar-refractivity contribution in [2.75, 3.05) is 11.9 Å². The van der Waals surface area contributed by atoms with Crippen molar-refractivity contribution in [3.05, 3.63) is 76.3 Å². The summed E-state index contributed by atoms with van der Waals surface area (Å²) in [7, 11) is 0. The van der Waals surface area contributed by atoms with Crippen molar-refractivity contribution in [1.29, 1.82) is 0 Å². The molecule has 0 saturated carbocycles. The number of hydrogen-bond donors (Lipinski definition) is 1. The third-order valence-electron chi connectivity index (χ3n) is 4.67. The molecule has 4 aromatic rings. The number of anilines is 1. The minimum absolute atomic E-state index is 0.120. The summed E-state index contributed by atoms with van der Waals surface area (Å²) in [5.74, 6) is 0.809. The van der Waals surface area contributed by atoms with Gasteiger partial charge in [-0.1, -0.05) is 29.8 Å². The van der Waals surface area contributed by atoms with Crippen molar-refractivity contribution in [1.82, 2.24) is 4.98 Å². The number of oxazole rings is 1. The lowest BCUT2D eigenvalue weighted by molar-refractivity contribution is -0.118. The van der Waals surface area contributed by atoms with Crippen LogP contribution in [0, 0.1) is 20.8 Å². The van der Waals surface area contributed by atoms with Crippen molar-refractivity contribution in [2.45, 2.75) is 20.8 Å². The third kappa shape index (κ3) is 4.31. The van der Waals surface area contributed by atoms with Crippen LogP contribution in [0.4, 0.5) is 5.69 Å². The lowest BCUT2D eigenvalue weighted by Crippen LogP contribution is -2.20. The van der Waals surface area contributed by atoms with Crippen molar-refractivity contribution < 1.29 is 13.9 Å². The Labute approximate surface area is 179 Å². The van der Waals surface area contributed by atoms with Crippen LogP contribution >= 0.6 is 11.6 Å². The zero-order valence-corrected chi connectivity index (χ0v) is 17.7. The van der Waals surface area contributed by atoms with E-state index in [4.69, 9.17) is 20.8 Å². The number of halogens is 1. The Morgan fingerprint density at radius 3 is 2.70 bits per heavy atom. The number of rotatable bonds is 5. The summed E-state index contributed by atoms with van der Waals surface area (Å²) in [4.78, 5) is 17.0. The molecule has 1 N–H and O–H groups in total. The summed E-state index contributed by atoms with van der Waals surface area (Å²) in [6, 6.07) is 16.8. The van der Waals surface area contributed by atoms with Gasteiger partial charge in [0.1, 0.15) is 11.3 Å². The molecule has 30 heavy (non-hydrogen) atoms. The minimum atomic E-state index is -0.306. The molecule has 6 heteroatoms. The highest BCUT2D eigenvalue weighted by atomic mass is 35.5. The molecular formula is C24H21ClN2O3. The molecule has 5 nitrogen and oxygen atoms in total. The summed E-state index contributed by atoms with van der Waals surface area (Å²) in [6.45, 7) is 5.86. The van der Waals surface area contributed by atoms with E-state index in [1.54, 1.807) is 12.1 Å². The predicted molar refractivity (Wildman–Crippen MR) is 119 cm³/mol. The van der Waals surface area contributed by atoms with Gasteiger partial charge in [0.2, 0.25) is 5.89 Å². The van der Waals surface area contributed by atoms with Crippen LogP contribution in [-0.4, -0.2) is 17.5 Å². The fraction of sp³-hybridized carbons (Fsp3) is 0.167. The lowest BCUT2D eigenvalue weighted by atomic mass is 10.1. The first-order valence-corrected chi connectivity index (χ1v) is 9.94. The second kappa shape index (κ2) is 8.20. The van der Waals surface area contributed by atoms with Crippen LogP contribution in [-0.2, 0) is 4.79 Å². The summed E-state index contributed by atoms with van der Waals surface area (Å²) in [5.41, 5.74) is 5.96. The molecule has 4 rings (SSSR count). The number of hydrogen-bond acceptors (Lipinski definition) is 4. The molecule has 0 atom stereocenters. The fourth-order valence-corrected chi connectivity index (χ4v) is 3.46. The second-order valence-corrected chi connectivity index (χ2v) is 7.70. The van der Waals surface area contributed by atoms with E-state index in [9.17, 15) is 4.79 Å². The van der Waals surface area contributed by atoms with Crippen LogP contribution in [0.25, 0.3) is 22.6 Å². The standard InChI is InChI=1S/C24H21ClN2O3/c1-14-5-4-6-18(10-14)29-13-22(28)26-20-12-17(7-8-19(20)25)24-27-21-11-15(2)9-16(3)23(21)30-24/h4-12H,13H2,1-3H3,(H,26,28). The maximum absolute atomic E-state index is 12.4. The van der Waals surface area contributed by atoms with Crippen LogP contribution in [0.1, 0.15) is 16.7 Å². The first-order chi connectivity index (χ1) is 14.4. The zero-order chi connectivity index (χ0) is 21.3. The molecule has 0 unspecified atom stereocenters. The Morgan fingerprint density at radius 2 is 1.90 bits per heavy atom. The lowest BCUT2D eigenvalue weighted by Gasteiger charge is -2.10. The molecule has 0 saturated heterocycles. The monoisotopic (exact) mass is 420 g/mol. The summed E-state index contributed by atoms with van der Waals surface area (Å²) >= 11 is 6.28. The topological polar surface area (TPSA) is 64.4 Å². The van der Waals surface area contributed by atoms with Crippen molar-refractivity contribution >= 4 is 34.3 Å². The van der Waals surface area contributed by atoms with Gasteiger partial charge in [0.05, 0.1) is 10.7 Å². The number of ether oxygens (including phenoxy) is 1. The molecule has 1 aromatic heterocycles. The highest BCUT2D eigenvalue weighted by molar-refractivity contribution is 6.33. The van der Waals surface area contributed by atoms with Gasteiger partial charge >= 0.3 is 0 Å². The molecule has 0 aliphatic carbocycles. The average molecular weight is 421 g/mol. The van der Waals surface area contributed by atoms with Gasteiger partial charge in [-0.25, -0.2) is 4.98 Å². The van der Waals surface area contributed by atoms with Crippen molar-refractivity contribution in [2.24, 2.45) is 0 Å². The average Bonchev–Trinajstić information content (AvgIpc) is 3.12. The number of carbonyl (C=O) groups is 1. The Kier molecular flexibility index (Phi) is 5.46. The normalized spacial score (nSPS) is 10.9. The second-order valence-electron chi connectivity index (χ2n) is 7.30. The molecule has 0 spiro atoms. The third-order valence-corrected chi connectivity index (χ3v) is 5.00. The van der Waals surface area contributed by atoms with Gasteiger partial charge in [0, 0.05) is 5.56 Å². The largest absolute Gasteiger partial charge is 0.484 e. The van der Waals surface area contributed by atoms with E-state index < -0.39 is 0 Å². The predicted octanol–water partition coefficient (Wildman–Crippen LogP) is 6.09. The van der Waals surface area contributed by atoms with E-state index in [-0.39, 0.29) is 12.5 Å². The van der Waals surface area contributed by atoms with Crippen molar-refractivity contribution in [3.8, 4) is 17.2 Å². The fourth-order valence-electron chi connectivity index (χ4n) is 3.29. The number of aryl methyl sites for hydroxylation is 3. The van der Waals surface area contributed by atoms with E-state index in [1.165, 1.54) is 0 Å². The molecule has 152 valence electrons. The first-order valence-electron chi connectivity index (χ1n) is 9.56. The van der Waals surface area contributed by atoms with Crippen LogP contribution < -0.4 is 10.1 Å². The van der Waals surface area contributed by atoms with Crippen LogP contribution in [0.2, 0.25) is 5.02 Å². The molecule has 1 heterocycles. The van der Waals surface area contributed by atoms with E-state index in [1.807, 2.05) is 57.2 Å². The number of aromatic nitrogens is 1. The van der Waals surface area contributed by atoms with Gasteiger partial charge < -0.3 is 14.5 Å². The van der Waals surface area contributed by atoms with Gasteiger partial charge in [-0.3, -0.25) is 4.79 Å². The SMILES string of the molecule is Cc1cccc(OCC(=O)Nc2cc(-c3nc4cc(C)cc(C)c4o3)ccc2Cl)c1. The number of carbonyl (C=O) groups excluding carboxylic acids is 1. The van der Waals surface area contributed by atoms with Crippen LogP contribution in [0.15, 0.2) is 59.0 Å². The minimum Gasteiger partial charge on any atom is -0.484 e. The molecular weight excluding hydrogens is 400 g/mol. The Bertz CT molecular complexity index is 1250. The molecule has 0 aliphatic heterocycles. The maximum atomic E-state index is 12.4. The number of amides is 1. The Morgan fingerprint density at radius 1 is 1.07 bits per heavy atom. The quantitative estimate of drug-likeness (QED) is 0.424. The molecule has 0 aliphatic rings. The van der Waals surface area contributed by atoms with Crippen LogP contribution in [0.3, 0.4) is 0 Å². The zero-order valence-electron chi connectivity index (χ0n) is 17.0. The highest BCUT2D eigenvalue weighted by Gasteiger charge is 2.14. The smallest absolute Gasteiger partial charge is 0.262 e. The van der Waals surface area contributed by atoms with Gasteiger partial charge in [0.25, 0.3) is 5.91 Å². The van der Waals surface area contributed by atoms with E-state index in [2.05, 4.69) is 16.4 Å². The van der Waals surface area contributed by atoms with Gasteiger partial charge in [0.15, 0.2) is 12.2 Å². The summed E-state index contributed by atoms with van der Waals surface area (Å²) in [6.07, 6.45) is 0. The Balaban J connectivity index is 1.53. The van der Waals surface area contributed by atoms with E-state index >= 15 is 0 Å². The molecule has 3 aromatic carbocycles. The molecule has 0 radical (unpaired) electrons. The number of nitrogens with one attached hydrogen (secondary N) is 1.